The zero-order valence-electron chi connectivity index (χ0n) is 8.13. The number of likely N-dealkylation sites (N-methyl/N-ethyl adjacent to an activating group) is 1. The molecule has 0 saturated heterocycles. The van der Waals surface area contributed by atoms with Gasteiger partial charge in [0.2, 0.25) is 5.91 Å². The fourth-order valence-corrected chi connectivity index (χ4v) is 0.899. The normalized spacial score (nSPS) is 12.6. The predicted octanol–water partition coefficient (Wildman–Crippen LogP) is -0.569. The van der Waals surface area contributed by atoms with Crippen molar-refractivity contribution in [3.8, 4) is 0 Å². The fourth-order valence-electron chi connectivity index (χ4n) is 0.899. The Morgan fingerprint density at radius 1 is 1.38 bits per heavy atom. The van der Waals surface area contributed by atoms with Crippen molar-refractivity contribution in [2.45, 2.75) is 19.9 Å². The zero-order chi connectivity index (χ0) is 10.4. The molecule has 0 aliphatic rings. The summed E-state index contributed by atoms with van der Waals surface area (Å²) in [6.45, 7) is 3.63. The van der Waals surface area contributed by atoms with Crippen LogP contribution in [0.3, 0.4) is 0 Å². The molecule has 0 aliphatic heterocycles. The van der Waals surface area contributed by atoms with Gasteiger partial charge in [0.15, 0.2) is 0 Å². The van der Waals surface area contributed by atoms with Crippen LogP contribution in [0.15, 0.2) is 0 Å². The van der Waals surface area contributed by atoms with Crippen LogP contribution < -0.4 is 10.6 Å². The van der Waals surface area contributed by atoms with Crippen molar-refractivity contribution in [3.05, 3.63) is 0 Å². The molecule has 0 rings (SSSR count). The van der Waals surface area contributed by atoms with Crippen molar-refractivity contribution < 1.29 is 14.7 Å². The first kappa shape index (κ1) is 11.9. The Morgan fingerprint density at radius 2 is 1.92 bits per heavy atom. The van der Waals surface area contributed by atoms with Gasteiger partial charge in [-0.1, -0.05) is 13.8 Å². The van der Waals surface area contributed by atoms with Crippen LogP contribution in [-0.4, -0.2) is 36.6 Å². The van der Waals surface area contributed by atoms with Crippen LogP contribution in [0, 0.1) is 5.92 Å². The van der Waals surface area contributed by atoms with Crippen molar-refractivity contribution in [2.75, 3.05) is 13.6 Å². The van der Waals surface area contributed by atoms with Gasteiger partial charge in [-0.25, -0.2) is 4.79 Å². The van der Waals surface area contributed by atoms with E-state index in [2.05, 4.69) is 10.6 Å². The average molecular weight is 188 g/mol. The minimum atomic E-state index is -1.00. The molecule has 76 valence electrons. The average Bonchev–Trinajstić information content (AvgIpc) is 1.99. The highest BCUT2D eigenvalue weighted by molar-refractivity contribution is 5.84. The third kappa shape index (κ3) is 4.47. The molecule has 0 bridgehead atoms. The Balaban J connectivity index is 4.10. The molecule has 0 fully saturated rings. The first-order chi connectivity index (χ1) is 5.99. The van der Waals surface area contributed by atoms with Gasteiger partial charge in [-0.15, -0.1) is 0 Å². The second kappa shape index (κ2) is 5.53. The Bertz CT molecular complexity index is 192. The number of hydrogen-bond acceptors (Lipinski definition) is 3. The van der Waals surface area contributed by atoms with Gasteiger partial charge in [-0.3, -0.25) is 4.79 Å². The highest BCUT2D eigenvalue weighted by atomic mass is 16.4. The lowest BCUT2D eigenvalue weighted by Crippen LogP contribution is -2.46. The summed E-state index contributed by atoms with van der Waals surface area (Å²) in [4.78, 5) is 21.7. The molecule has 0 aromatic rings. The number of amides is 1. The van der Waals surface area contributed by atoms with E-state index in [0.29, 0.717) is 0 Å². The third-order valence-electron chi connectivity index (χ3n) is 1.59. The van der Waals surface area contributed by atoms with Gasteiger partial charge < -0.3 is 15.7 Å². The molecular weight excluding hydrogens is 172 g/mol. The van der Waals surface area contributed by atoms with Crippen LogP contribution in [0.5, 0.6) is 0 Å². The molecule has 0 heterocycles. The summed E-state index contributed by atoms with van der Waals surface area (Å²) in [5.74, 6) is -1.42. The minimum Gasteiger partial charge on any atom is -0.480 e. The van der Waals surface area contributed by atoms with Crippen LogP contribution in [0.2, 0.25) is 0 Å². The van der Waals surface area contributed by atoms with E-state index in [-0.39, 0.29) is 18.4 Å². The largest absolute Gasteiger partial charge is 0.480 e. The van der Waals surface area contributed by atoms with Gasteiger partial charge in [0.05, 0.1) is 6.54 Å². The smallest absolute Gasteiger partial charge is 0.326 e. The Labute approximate surface area is 77.5 Å². The number of nitrogens with one attached hydrogen (secondary N) is 2. The molecule has 5 heteroatoms. The molecule has 1 amide bonds. The van der Waals surface area contributed by atoms with Crippen molar-refractivity contribution in [1.29, 1.82) is 0 Å². The van der Waals surface area contributed by atoms with Crippen LogP contribution in [0.25, 0.3) is 0 Å². The van der Waals surface area contributed by atoms with E-state index in [1.165, 1.54) is 0 Å². The molecule has 0 saturated carbocycles. The Hall–Kier alpha value is -1.10. The maximum atomic E-state index is 11.0. The van der Waals surface area contributed by atoms with Gasteiger partial charge in [0.1, 0.15) is 6.04 Å². The number of carbonyl (C=O) groups excluding carboxylic acids is 1. The molecule has 0 aromatic carbocycles. The maximum absolute atomic E-state index is 11.0. The van der Waals surface area contributed by atoms with Gasteiger partial charge >= 0.3 is 5.97 Å². The monoisotopic (exact) mass is 188 g/mol. The first-order valence-electron chi connectivity index (χ1n) is 4.15. The van der Waals surface area contributed by atoms with Crippen LogP contribution >= 0.6 is 0 Å². The second-order valence-electron chi connectivity index (χ2n) is 3.16. The number of carbonyl (C=O) groups is 2. The molecular formula is C8H16N2O3. The fraction of sp³-hybridized carbons (Fsp3) is 0.750. The number of hydrogen-bond donors (Lipinski definition) is 3. The first-order valence-corrected chi connectivity index (χ1v) is 4.15. The standard InChI is InChI=1S/C8H16N2O3/c1-5(2)7(8(12)13)10-6(11)4-9-3/h5,7,9H,4H2,1-3H3,(H,10,11)(H,12,13)/t7-/m0/s1. The minimum absolute atomic E-state index is 0.113. The van der Waals surface area contributed by atoms with E-state index in [1.54, 1.807) is 20.9 Å². The number of aliphatic carboxylic acids is 1. The SMILES string of the molecule is CNCC(=O)N[C@H](C(=O)O)C(C)C. The maximum Gasteiger partial charge on any atom is 0.326 e. The molecule has 0 aliphatic carbocycles. The van der Waals surface area contributed by atoms with Crippen molar-refractivity contribution in [3.63, 3.8) is 0 Å². The summed E-state index contributed by atoms with van der Waals surface area (Å²) >= 11 is 0. The lowest BCUT2D eigenvalue weighted by Gasteiger charge is -2.17. The van der Waals surface area contributed by atoms with E-state index in [4.69, 9.17) is 5.11 Å². The molecule has 0 radical (unpaired) electrons. The molecule has 0 unspecified atom stereocenters. The van der Waals surface area contributed by atoms with Crippen LogP contribution in [-0.2, 0) is 9.59 Å². The molecule has 1 atom stereocenters. The summed E-state index contributed by atoms with van der Waals surface area (Å²) in [5.41, 5.74) is 0. The van der Waals surface area contributed by atoms with E-state index < -0.39 is 12.0 Å². The highest BCUT2D eigenvalue weighted by Gasteiger charge is 2.22. The number of carboxylic acids is 1. The van der Waals surface area contributed by atoms with Crippen LogP contribution in [0.4, 0.5) is 0 Å². The zero-order valence-corrected chi connectivity index (χ0v) is 8.13. The Morgan fingerprint density at radius 3 is 2.23 bits per heavy atom. The Kier molecular flexibility index (Phi) is 5.06. The molecule has 3 N–H and O–H groups in total. The summed E-state index contributed by atoms with van der Waals surface area (Å²) in [6, 6.07) is -0.805. The topological polar surface area (TPSA) is 78.4 Å². The summed E-state index contributed by atoms with van der Waals surface area (Å²) in [5, 5.41) is 13.8. The van der Waals surface area contributed by atoms with Gasteiger partial charge in [-0.05, 0) is 13.0 Å². The summed E-state index contributed by atoms with van der Waals surface area (Å²) in [7, 11) is 1.63. The van der Waals surface area contributed by atoms with Gasteiger partial charge in [-0.2, -0.15) is 0 Å². The predicted molar refractivity (Wildman–Crippen MR) is 48.3 cm³/mol. The highest BCUT2D eigenvalue weighted by Crippen LogP contribution is 2.00. The van der Waals surface area contributed by atoms with E-state index in [9.17, 15) is 9.59 Å². The van der Waals surface area contributed by atoms with Crippen molar-refractivity contribution in [2.24, 2.45) is 5.92 Å². The molecule has 13 heavy (non-hydrogen) atoms. The quantitative estimate of drug-likeness (QED) is 0.540. The number of rotatable bonds is 5. The van der Waals surface area contributed by atoms with Crippen molar-refractivity contribution in [1.82, 2.24) is 10.6 Å². The lowest BCUT2D eigenvalue weighted by atomic mass is 10.1. The summed E-state index contributed by atoms with van der Waals surface area (Å²) < 4.78 is 0. The molecule has 5 nitrogen and oxygen atoms in total. The molecule has 0 aromatic heterocycles. The van der Waals surface area contributed by atoms with Gasteiger partial charge in [0, 0.05) is 0 Å². The second-order valence-corrected chi connectivity index (χ2v) is 3.16. The van der Waals surface area contributed by atoms with Gasteiger partial charge in [0.25, 0.3) is 0 Å². The van der Waals surface area contributed by atoms with Crippen molar-refractivity contribution >= 4 is 11.9 Å². The molecule has 0 spiro atoms. The van der Waals surface area contributed by atoms with E-state index in [0.717, 1.165) is 0 Å². The number of carboxylic acid groups (broad SMARTS) is 1. The van der Waals surface area contributed by atoms with E-state index in [1.807, 2.05) is 0 Å². The lowest BCUT2D eigenvalue weighted by molar-refractivity contribution is -0.142. The van der Waals surface area contributed by atoms with E-state index >= 15 is 0 Å². The summed E-state index contributed by atoms with van der Waals surface area (Å²) in [6.07, 6.45) is 0. The third-order valence-corrected chi connectivity index (χ3v) is 1.59. The van der Waals surface area contributed by atoms with Crippen LogP contribution in [0.1, 0.15) is 13.8 Å².